The van der Waals surface area contributed by atoms with Crippen molar-refractivity contribution in [1.82, 2.24) is 19.9 Å². The third kappa shape index (κ3) is 3.29. The van der Waals surface area contributed by atoms with Gasteiger partial charge in [0.25, 0.3) is 0 Å². The predicted molar refractivity (Wildman–Crippen MR) is 103 cm³/mol. The lowest BCUT2D eigenvalue weighted by Crippen LogP contribution is -1.92. The summed E-state index contributed by atoms with van der Waals surface area (Å²) in [4.78, 5) is 16.3. The summed E-state index contributed by atoms with van der Waals surface area (Å²) < 4.78 is 0. The van der Waals surface area contributed by atoms with Gasteiger partial charge in [-0.15, -0.1) is 0 Å². The van der Waals surface area contributed by atoms with Crippen LogP contribution in [-0.2, 0) is 12.8 Å². The minimum Gasteiger partial charge on any atom is -0.342 e. The number of unbranched alkanes of at least 4 members (excludes halogenated alkanes) is 2. The zero-order chi connectivity index (χ0) is 17.2. The largest absolute Gasteiger partial charge is 0.342 e. The summed E-state index contributed by atoms with van der Waals surface area (Å²) >= 11 is 0. The Bertz CT molecular complexity index is 976. The van der Waals surface area contributed by atoms with E-state index in [2.05, 4.69) is 53.1 Å². The summed E-state index contributed by atoms with van der Waals surface area (Å²) in [6, 6.07) is 12.5. The van der Waals surface area contributed by atoms with Crippen LogP contribution in [0.5, 0.6) is 0 Å². The fourth-order valence-corrected chi connectivity index (χ4v) is 3.37. The number of aryl methyl sites for hydroxylation is 4. The van der Waals surface area contributed by atoms with E-state index in [1.54, 1.807) is 0 Å². The first kappa shape index (κ1) is 15.9. The highest BCUT2D eigenvalue weighted by Gasteiger charge is 2.07. The molecule has 0 atom stereocenters. The maximum absolute atomic E-state index is 4.78. The average molecular weight is 332 g/mol. The SMILES string of the molecule is Cc1ccc2[nH]c(CCCCCc3nc4ccccc4[nH]3)nc2c1C. The lowest BCUT2D eigenvalue weighted by Gasteiger charge is -1.98. The van der Waals surface area contributed by atoms with Crippen LogP contribution < -0.4 is 0 Å². The van der Waals surface area contributed by atoms with E-state index in [9.17, 15) is 0 Å². The highest BCUT2D eigenvalue weighted by Crippen LogP contribution is 2.20. The van der Waals surface area contributed by atoms with Crippen LogP contribution >= 0.6 is 0 Å². The first-order valence-electron chi connectivity index (χ1n) is 9.09. The molecule has 0 bridgehead atoms. The number of hydrogen-bond donors (Lipinski definition) is 2. The number of para-hydroxylation sites is 2. The summed E-state index contributed by atoms with van der Waals surface area (Å²) in [6.07, 6.45) is 5.50. The number of fused-ring (bicyclic) bond motifs is 2. The van der Waals surface area contributed by atoms with E-state index in [4.69, 9.17) is 4.98 Å². The predicted octanol–water partition coefficient (Wildman–Crippen LogP) is 5.01. The summed E-state index contributed by atoms with van der Waals surface area (Å²) in [5, 5.41) is 0. The minimum absolute atomic E-state index is 1.01. The van der Waals surface area contributed by atoms with Crippen molar-refractivity contribution in [3.05, 3.63) is 59.2 Å². The van der Waals surface area contributed by atoms with Gasteiger partial charge in [-0.2, -0.15) is 0 Å². The van der Waals surface area contributed by atoms with Crippen LogP contribution in [-0.4, -0.2) is 19.9 Å². The maximum atomic E-state index is 4.78. The Hall–Kier alpha value is -2.62. The first-order valence-corrected chi connectivity index (χ1v) is 9.09. The zero-order valence-corrected chi connectivity index (χ0v) is 14.9. The molecule has 2 N–H and O–H groups in total. The molecule has 0 unspecified atom stereocenters. The molecule has 0 radical (unpaired) electrons. The van der Waals surface area contributed by atoms with Crippen molar-refractivity contribution in [2.45, 2.75) is 46.0 Å². The van der Waals surface area contributed by atoms with Crippen molar-refractivity contribution < 1.29 is 0 Å². The van der Waals surface area contributed by atoms with E-state index >= 15 is 0 Å². The van der Waals surface area contributed by atoms with Crippen LogP contribution in [0.1, 0.15) is 42.0 Å². The third-order valence-electron chi connectivity index (χ3n) is 4.99. The maximum Gasteiger partial charge on any atom is 0.107 e. The second-order valence-electron chi connectivity index (χ2n) is 6.85. The van der Waals surface area contributed by atoms with Crippen LogP contribution in [0.25, 0.3) is 22.1 Å². The normalized spacial score (nSPS) is 11.6. The van der Waals surface area contributed by atoms with Crippen LogP contribution in [0, 0.1) is 13.8 Å². The Morgan fingerprint density at radius 1 is 0.760 bits per heavy atom. The molecular formula is C21H24N4. The minimum atomic E-state index is 1.01. The molecule has 2 aromatic heterocycles. The molecule has 0 aliphatic carbocycles. The standard InChI is InChI=1S/C21H24N4/c1-14-12-13-18-21(15(14)2)25-20(24-18)11-5-3-4-10-19-22-16-8-6-7-9-17(16)23-19/h6-9,12-13H,3-5,10-11H2,1-2H3,(H,22,23)(H,24,25). The van der Waals surface area contributed by atoms with Crippen LogP contribution in [0.4, 0.5) is 0 Å². The number of nitrogens with one attached hydrogen (secondary N) is 2. The van der Waals surface area contributed by atoms with E-state index in [0.717, 1.165) is 59.4 Å². The molecule has 0 aliphatic heterocycles. The molecule has 25 heavy (non-hydrogen) atoms. The van der Waals surface area contributed by atoms with Gasteiger partial charge in [-0.25, -0.2) is 9.97 Å². The summed E-state index contributed by atoms with van der Waals surface area (Å²) in [6.45, 7) is 4.29. The molecule has 0 saturated carbocycles. The lowest BCUT2D eigenvalue weighted by atomic mass is 10.1. The van der Waals surface area contributed by atoms with E-state index in [1.165, 1.54) is 17.5 Å². The summed E-state index contributed by atoms with van der Waals surface area (Å²) in [5.74, 6) is 2.20. The van der Waals surface area contributed by atoms with Crippen LogP contribution in [0.2, 0.25) is 0 Å². The Labute approximate surface area is 147 Å². The van der Waals surface area contributed by atoms with Crippen molar-refractivity contribution in [1.29, 1.82) is 0 Å². The fraction of sp³-hybridized carbons (Fsp3) is 0.333. The molecule has 4 aromatic rings. The molecule has 0 aliphatic rings. The van der Waals surface area contributed by atoms with Gasteiger partial charge in [-0.1, -0.05) is 24.6 Å². The summed E-state index contributed by atoms with van der Waals surface area (Å²) in [7, 11) is 0. The molecule has 2 aromatic carbocycles. The highest BCUT2D eigenvalue weighted by molar-refractivity contribution is 5.79. The first-order chi connectivity index (χ1) is 12.2. The van der Waals surface area contributed by atoms with Gasteiger partial charge in [-0.05, 0) is 56.0 Å². The van der Waals surface area contributed by atoms with E-state index < -0.39 is 0 Å². The monoisotopic (exact) mass is 332 g/mol. The fourth-order valence-electron chi connectivity index (χ4n) is 3.37. The van der Waals surface area contributed by atoms with Crippen molar-refractivity contribution in [2.24, 2.45) is 0 Å². The van der Waals surface area contributed by atoms with E-state index in [1.807, 2.05) is 12.1 Å². The molecule has 128 valence electrons. The number of rotatable bonds is 6. The van der Waals surface area contributed by atoms with Crippen LogP contribution in [0.15, 0.2) is 36.4 Å². The Kier molecular flexibility index (Phi) is 4.26. The van der Waals surface area contributed by atoms with Gasteiger partial charge in [0.2, 0.25) is 0 Å². The van der Waals surface area contributed by atoms with Crippen molar-refractivity contribution in [2.75, 3.05) is 0 Å². The molecule has 0 saturated heterocycles. The second kappa shape index (κ2) is 6.71. The van der Waals surface area contributed by atoms with Gasteiger partial charge in [0.05, 0.1) is 22.1 Å². The smallest absolute Gasteiger partial charge is 0.107 e. The topological polar surface area (TPSA) is 57.4 Å². The molecule has 0 amide bonds. The lowest BCUT2D eigenvalue weighted by molar-refractivity contribution is 0.656. The molecule has 2 heterocycles. The molecule has 4 rings (SSSR count). The highest BCUT2D eigenvalue weighted by atomic mass is 14.9. The van der Waals surface area contributed by atoms with Crippen molar-refractivity contribution >= 4 is 22.1 Å². The molecule has 4 nitrogen and oxygen atoms in total. The van der Waals surface area contributed by atoms with E-state index in [-0.39, 0.29) is 0 Å². The number of aromatic amines is 2. The van der Waals surface area contributed by atoms with Gasteiger partial charge in [0, 0.05) is 12.8 Å². The van der Waals surface area contributed by atoms with Crippen molar-refractivity contribution in [3.63, 3.8) is 0 Å². The number of benzene rings is 2. The number of imidazole rings is 2. The molecule has 4 heteroatoms. The quantitative estimate of drug-likeness (QED) is 0.488. The summed E-state index contributed by atoms with van der Waals surface area (Å²) in [5.41, 5.74) is 7.05. The Morgan fingerprint density at radius 3 is 2.28 bits per heavy atom. The van der Waals surface area contributed by atoms with Gasteiger partial charge in [-0.3, -0.25) is 0 Å². The molecule has 0 spiro atoms. The van der Waals surface area contributed by atoms with Gasteiger partial charge < -0.3 is 9.97 Å². The number of H-pyrrole nitrogens is 2. The number of aromatic nitrogens is 4. The third-order valence-corrected chi connectivity index (χ3v) is 4.99. The number of hydrogen-bond acceptors (Lipinski definition) is 2. The Balaban J connectivity index is 1.30. The van der Waals surface area contributed by atoms with Gasteiger partial charge in [0.15, 0.2) is 0 Å². The van der Waals surface area contributed by atoms with Crippen LogP contribution in [0.3, 0.4) is 0 Å². The number of nitrogens with zero attached hydrogens (tertiary/aromatic N) is 2. The second-order valence-corrected chi connectivity index (χ2v) is 6.85. The van der Waals surface area contributed by atoms with Gasteiger partial charge >= 0.3 is 0 Å². The molecular weight excluding hydrogens is 308 g/mol. The molecule has 0 fully saturated rings. The van der Waals surface area contributed by atoms with Gasteiger partial charge in [0.1, 0.15) is 11.6 Å². The average Bonchev–Trinajstić information content (AvgIpc) is 3.21. The van der Waals surface area contributed by atoms with Crippen molar-refractivity contribution in [3.8, 4) is 0 Å². The Morgan fingerprint density at radius 2 is 1.48 bits per heavy atom. The van der Waals surface area contributed by atoms with E-state index in [0.29, 0.717) is 0 Å². The zero-order valence-electron chi connectivity index (χ0n) is 14.9.